The van der Waals surface area contributed by atoms with Gasteiger partial charge in [0, 0.05) is 19.3 Å². The maximum atomic E-state index is 12.8. The highest BCUT2D eigenvalue weighted by Gasteiger charge is 2.25. The van der Waals surface area contributed by atoms with Gasteiger partial charge in [-0.3, -0.25) is 9.59 Å². The van der Waals surface area contributed by atoms with Crippen LogP contribution in [0.25, 0.3) is 0 Å². The lowest BCUT2D eigenvalue weighted by Gasteiger charge is -2.34. The first kappa shape index (κ1) is 60.5. The lowest BCUT2D eigenvalue weighted by atomic mass is 10.1. The maximum Gasteiger partial charge on any atom is 0.306 e. The van der Waals surface area contributed by atoms with Gasteiger partial charge in [-0.15, -0.1) is 0 Å². The number of esters is 2. The van der Waals surface area contributed by atoms with Crippen LogP contribution in [0.3, 0.4) is 0 Å². The monoisotopic (exact) mass is 900 g/mol. The number of likely N-dealkylation sites (N-methyl/N-ethyl adjacent to an activating group) is 1. The highest BCUT2D eigenvalue weighted by Crippen LogP contribution is 2.12. The average Bonchev–Trinajstić information content (AvgIpc) is 3.27. The van der Waals surface area contributed by atoms with Crippen molar-refractivity contribution >= 4 is 17.9 Å². The summed E-state index contributed by atoms with van der Waals surface area (Å²) in [7, 11) is 5.38. The SMILES string of the molecule is CC/C=C/C/C=C/C/C=C/C/C=C/C/C=C/C/C=C/CCCCCCC(=O)OC(COCCC(C(=O)[O-])[N+](C)(C)C)COC(=O)CCCCCCC/C=C/C=C/C=C/C=C/C=C/CCC. The van der Waals surface area contributed by atoms with Crippen molar-refractivity contribution in [1.29, 1.82) is 0 Å². The third-order valence-corrected chi connectivity index (χ3v) is 10.1. The molecule has 0 radical (unpaired) electrons. The minimum atomic E-state index is -1.14. The van der Waals surface area contributed by atoms with Crippen LogP contribution in [0.2, 0.25) is 0 Å². The van der Waals surface area contributed by atoms with E-state index in [2.05, 4.69) is 111 Å². The fourth-order valence-corrected chi connectivity index (χ4v) is 6.34. The zero-order valence-corrected chi connectivity index (χ0v) is 41.3. The van der Waals surface area contributed by atoms with E-state index in [1.54, 1.807) is 21.1 Å². The first-order chi connectivity index (χ1) is 31.6. The summed E-state index contributed by atoms with van der Waals surface area (Å²) in [4.78, 5) is 37.0. The number of hydrogen-bond donors (Lipinski definition) is 0. The zero-order valence-electron chi connectivity index (χ0n) is 41.3. The smallest absolute Gasteiger partial charge is 0.306 e. The summed E-state index contributed by atoms with van der Waals surface area (Å²) >= 11 is 0. The van der Waals surface area contributed by atoms with Crippen molar-refractivity contribution < 1.29 is 38.2 Å². The summed E-state index contributed by atoms with van der Waals surface area (Å²) in [6.07, 6.45) is 66.1. The molecule has 65 heavy (non-hydrogen) atoms. The van der Waals surface area contributed by atoms with E-state index in [1.807, 2.05) is 36.5 Å². The van der Waals surface area contributed by atoms with Gasteiger partial charge in [-0.2, -0.15) is 0 Å². The van der Waals surface area contributed by atoms with Crippen LogP contribution in [0.5, 0.6) is 0 Å². The Hall–Kier alpha value is -4.53. The molecule has 0 aromatic carbocycles. The van der Waals surface area contributed by atoms with E-state index < -0.39 is 18.1 Å². The molecule has 2 unspecified atom stereocenters. The van der Waals surface area contributed by atoms with Crippen LogP contribution in [0, 0.1) is 0 Å². The van der Waals surface area contributed by atoms with E-state index >= 15 is 0 Å². The van der Waals surface area contributed by atoms with Gasteiger partial charge in [-0.25, -0.2) is 0 Å². The Morgan fingerprint density at radius 2 is 0.923 bits per heavy atom. The van der Waals surface area contributed by atoms with E-state index in [0.717, 1.165) is 109 Å². The quantitative estimate of drug-likeness (QED) is 0.0198. The first-order valence-electron chi connectivity index (χ1n) is 24.8. The molecule has 0 aromatic heterocycles. The largest absolute Gasteiger partial charge is 0.544 e. The Morgan fingerprint density at radius 1 is 0.492 bits per heavy atom. The van der Waals surface area contributed by atoms with E-state index in [4.69, 9.17) is 14.2 Å². The number of carbonyl (C=O) groups excluding carboxylic acids is 3. The van der Waals surface area contributed by atoms with Gasteiger partial charge in [0.25, 0.3) is 0 Å². The molecule has 2 atom stereocenters. The van der Waals surface area contributed by atoms with E-state index in [-0.39, 0.29) is 49.1 Å². The second-order valence-electron chi connectivity index (χ2n) is 17.1. The number of unbranched alkanes of at least 4 members (excludes halogenated alkanes) is 10. The molecule has 0 aliphatic carbocycles. The minimum absolute atomic E-state index is 0.0111. The van der Waals surface area contributed by atoms with Gasteiger partial charge in [0.2, 0.25) is 0 Å². The van der Waals surface area contributed by atoms with Crippen LogP contribution in [0.4, 0.5) is 0 Å². The first-order valence-corrected chi connectivity index (χ1v) is 24.8. The summed E-state index contributed by atoms with van der Waals surface area (Å²) in [5, 5.41) is 11.7. The van der Waals surface area contributed by atoms with Crippen LogP contribution in [-0.4, -0.2) is 75.5 Å². The molecule has 364 valence electrons. The molecule has 0 aliphatic heterocycles. The molecular formula is C57H89NO7. The van der Waals surface area contributed by atoms with Gasteiger partial charge in [0.1, 0.15) is 12.6 Å². The number of nitrogens with zero attached hydrogens (tertiary/aromatic N) is 1. The van der Waals surface area contributed by atoms with Crippen LogP contribution >= 0.6 is 0 Å². The van der Waals surface area contributed by atoms with Gasteiger partial charge in [0.15, 0.2) is 6.10 Å². The van der Waals surface area contributed by atoms with Crippen LogP contribution in [-0.2, 0) is 28.6 Å². The fraction of sp³-hybridized carbons (Fsp3) is 0.561. The number of carbonyl (C=O) groups is 3. The predicted molar refractivity (Wildman–Crippen MR) is 272 cm³/mol. The standard InChI is InChI=1S/C57H89NO7/c1-6-8-10-12-14-16-18-20-22-24-26-27-28-29-30-32-34-36-38-40-42-44-46-48-56(60)65-53(51-63-50-49-54(57(61)62)58(3,4)5)52-64-55(59)47-45-43-41-39-37-35-33-31-25-23-21-19-17-15-13-11-9-7-2/h8,10-11,13-17,19-23,25-27,29-31,33-34,36,53-54H,6-7,9,12,18,24,28,32,35,37-52H2,1-5H3/b10-8+,13-11+,16-14+,17-15+,21-19+,22-20+,25-23+,27-26+,30-29+,33-31+,36-34+. The topological polar surface area (TPSA) is 102 Å². The van der Waals surface area contributed by atoms with Gasteiger partial charge >= 0.3 is 11.9 Å². The Balaban J connectivity index is 4.42. The van der Waals surface area contributed by atoms with Crippen LogP contribution in [0.15, 0.2) is 134 Å². The molecule has 0 N–H and O–H groups in total. The molecule has 0 aliphatic rings. The highest BCUT2D eigenvalue weighted by atomic mass is 16.6. The van der Waals surface area contributed by atoms with Crippen molar-refractivity contribution in [2.45, 2.75) is 167 Å². The van der Waals surface area contributed by atoms with Crippen molar-refractivity contribution in [2.75, 3.05) is 41.0 Å². The normalized spacial score (nSPS) is 14.0. The van der Waals surface area contributed by atoms with Gasteiger partial charge in [-0.1, -0.05) is 186 Å². The Kier molecular flexibility index (Phi) is 42.8. The van der Waals surface area contributed by atoms with Crippen LogP contribution in [0.1, 0.15) is 155 Å². The van der Waals surface area contributed by atoms with Crippen molar-refractivity contribution in [1.82, 2.24) is 0 Å². The molecule has 0 heterocycles. The number of quaternary nitrogens is 1. The minimum Gasteiger partial charge on any atom is -0.544 e. The summed E-state index contributed by atoms with van der Waals surface area (Å²) in [6.45, 7) is 4.38. The number of rotatable bonds is 42. The molecular weight excluding hydrogens is 811 g/mol. The van der Waals surface area contributed by atoms with Crippen molar-refractivity contribution in [3.63, 3.8) is 0 Å². The highest BCUT2D eigenvalue weighted by molar-refractivity contribution is 5.70. The number of aliphatic carboxylic acids is 1. The second-order valence-corrected chi connectivity index (χ2v) is 17.1. The van der Waals surface area contributed by atoms with Crippen molar-refractivity contribution in [3.05, 3.63) is 134 Å². The number of ether oxygens (including phenoxy) is 3. The summed E-state index contributed by atoms with van der Waals surface area (Å²) in [6, 6.07) is -0.745. The Morgan fingerprint density at radius 3 is 1.42 bits per heavy atom. The molecule has 0 aromatic rings. The second kappa shape index (κ2) is 46.0. The number of carboxylic acids is 1. The Labute approximate surface area is 396 Å². The van der Waals surface area contributed by atoms with Gasteiger partial charge < -0.3 is 28.6 Å². The molecule has 0 fully saturated rings. The van der Waals surface area contributed by atoms with E-state index in [9.17, 15) is 19.5 Å². The zero-order chi connectivity index (χ0) is 47.7. The molecule has 0 bridgehead atoms. The molecule has 0 spiro atoms. The third kappa shape index (κ3) is 44.5. The molecule has 0 amide bonds. The van der Waals surface area contributed by atoms with Gasteiger partial charge in [-0.05, 0) is 83.5 Å². The number of hydrogen-bond acceptors (Lipinski definition) is 7. The number of carboxylic acid groups (broad SMARTS) is 1. The lowest BCUT2D eigenvalue weighted by molar-refractivity contribution is -0.889. The van der Waals surface area contributed by atoms with E-state index in [0.29, 0.717) is 12.8 Å². The lowest BCUT2D eigenvalue weighted by Crippen LogP contribution is -2.55. The van der Waals surface area contributed by atoms with Gasteiger partial charge in [0.05, 0.1) is 40.3 Å². The number of allylic oxidation sites excluding steroid dienone is 22. The molecule has 8 nitrogen and oxygen atoms in total. The summed E-state index contributed by atoms with van der Waals surface area (Å²) < 4.78 is 17.2. The van der Waals surface area contributed by atoms with Crippen LogP contribution < -0.4 is 5.11 Å². The summed E-state index contributed by atoms with van der Waals surface area (Å²) in [5.41, 5.74) is 0. The molecule has 0 saturated heterocycles. The van der Waals surface area contributed by atoms with Crippen molar-refractivity contribution in [2.24, 2.45) is 0 Å². The Bertz CT molecular complexity index is 1520. The third-order valence-electron chi connectivity index (χ3n) is 10.1. The molecule has 0 saturated carbocycles. The molecule has 8 heteroatoms. The van der Waals surface area contributed by atoms with Crippen molar-refractivity contribution in [3.8, 4) is 0 Å². The molecule has 0 rings (SSSR count). The summed E-state index contributed by atoms with van der Waals surface area (Å²) in [5.74, 6) is -1.82. The van der Waals surface area contributed by atoms with E-state index in [1.165, 1.54) is 6.42 Å². The fourth-order valence-electron chi connectivity index (χ4n) is 6.34. The maximum absolute atomic E-state index is 12.8. The average molecular weight is 900 g/mol. The predicted octanol–water partition coefficient (Wildman–Crippen LogP) is 13.0.